The molecule has 1 aromatic carbocycles. The van der Waals surface area contributed by atoms with Crippen molar-refractivity contribution in [3.63, 3.8) is 0 Å². The third-order valence-corrected chi connectivity index (χ3v) is 5.19. The van der Waals surface area contributed by atoms with Crippen molar-refractivity contribution in [3.05, 3.63) is 47.7 Å². The molecule has 1 aliphatic rings. The summed E-state index contributed by atoms with van der Waals surface area (Å²) in [4.78, 5) is 25.5. The molecule has 1 saturated heterocycles. The highest BCUT2D eigenvalue weighted by Crippen LogP contribution is 2.27. The van der Waals surface area contributed by atoms with E-state index in [4.69, 9.17) is 9.26 Å². The lowest BCUT2D eigenvalue weighted by molar-refractivity contribution is 0.142. The number of halogens is 1. The number of amides is 1. The summed E-state index contributed by atoms with van der Waals surface area (Å²) in [5.74, 6) is -0.327. The maximum atomic E-state index is 14.4. The van der Waals surface area contributed by atoms with Crippen LogP contribution in [0.15, 0.2) is 35.0 Å². The Bertz CT molecular complexity index is 1100. The van der Waals surface area contributed by atoms with E-state index >= 15 is 0 Å². The molecule has 32 heavy (non-hydrogen) atoms. The van der Waals surface area contributed by atoms with Gasteiger partial charge < -0.3 is 19.7 Å². The SMILES string of the molecule is CCc1ccc(-c2noc([C@H](C)Nc3ncc(F)c(N4C(=O)OCC4[C@@H](C)O)n3)n2)cc1. The molecule has 0 saturated carbocycles. The molecule has 1 amide bonds. The fourth-order valence-corrected chi connectivity index (χ4v) is 3.30. The largest absolute Gasteiger partial charge is 0.447 e. The molecule has 3 atom stereocenters. The van der Waals surface area contributed by atoms with Gasteiger partial charge in [0, 0.05) is 5.56 Å². The molecular formula is C21H23FN6O4. The number of aryl methyl sites for hydroxylation is 1. The molecule has 3 heterocycles. The van der Waals surface area contributed by atoms with Crippen molar-refractivity contribution in [1.29, 1.82) is 0 Å². The number of cyclic esters (lactones) is 1. The fraction of sp³-hybridized carbons (Fsp3) is 0.381. The zero-order chi connectivity index (χ0) is 22.8. The Labute approximate surface area is 183 Å². The number of hydrogen-bond acceptors (Lipinski definition) is 9. The lowest BCUT2D eigenvalue weighted by Gasteiger charge is -2.23. The molecule has 3 aromatic rings. The summed E-state index contributed by atoms with van der Waals surface area (Å²) in [5.41, 5.74) is 2.03. The van der Waals surface area contributed by atoms with Gasteiger partial charge >= 0.3 is 6.09 Å². The Morgan fingerprint density at radius 3 is 2.72 bits per heavy atom. The highest BCUT2D eigenvalue weighted by atomic mass is 19.1. The molecular weight excluding hydrogens is 419 g/mol. The molecule has 10 nitrogen and oxygen atoms in total. The number of benzene rings is 1. The van der Waals surface area contributed by atoms with Crippen LogP contribution in [0.25, 0.3) is 11.4 Å². The van der Waals surface area contributed by atoms with Gasteiger partial charge in [-0.15, -0.1) is 0 Å². The van der Waals surface area contributed by atoms with E-state index < -0.39 is 30.1 Å². The summed E-state index contributed by atoms with van der Waals surface area (Å²) in [5, 5.41) is 16.9. The first-order valence-electron chi connectivity index (χ1n) is 10.2. The Morgan fingerprint density at radius 2 is 2.03 bits per heavy atom. The van der Waals surface area contributed by atoms with Crippen LogP contribution in [-0.4, -0.2) is 50.1 Å². The summed E-state index contributed by atoms with van der Waals surface area (Å²) in [7, 11) is 0. The van der Waals surface area contributed by atoms with Crippen molar-refractivity contribution in [2.24, 2.45) is 0 Å². The van der Waals surface area contributed by atoms with Gasteiger partial charge in [0.15, 0.2) is 11.6 Å². The van der Waals surface area contributed by atoms with E-state index in [-0.39, 0.29) is 24.3 Å². The van der Waals surface area contributed by atoms with Gasteiger partial charge in [0.25, 0.3) is 0 Å². The normalized spacial score (nSPS) is 17.8. The van der Waals surface area contributed by atoms with E-state index in [1.807, 2.05) is 24.3 Å². The first kappa shape index (κ1) is 21.6. The van der Waals surface area contributed by atoms with Crippen LogP contribution in [0.4, 0.5) is 21.0 Å². The average Bonchev–Trinajstić information content (AvgIpc) is 3.42. The number of anilines is 2. The molecule has 1 unspecified atom stereocenters. The summed E-state index contributed by atoms with van der Waals surface area (Å²) >= 11 is 0. The van der Waals surface area contributed by atoms with E-state index in [1.165, 1.54) is 12.5 Å². The van der Waals surface area contributed by atoms with Gasteiger partial charge in [-0.05, 0) is 25.8 Å². The highest BCUT2D eigenvalue weighted by Gasteiger charge is 2.39. The third kappa shape index (κ3) is 4.24. The average molecular weight is 442 g/mol. The first-order chi connectivity index (χ1) is 15.4. The minimum atomic E-state index is -0.936. The number of carbonyl (C=O) groups excluding carboxylic acids is 1. The van der Waals surface area contributed by atoms with Gasteiger partial charge in [0.2, 0.25) is 17.7 Å². The van der Waals surface area contributed by atoms with E-state index in [2.05, 4.69) is 32.3 Å². The molecule has 1 fully saturated rings. The monoisotopic (exact) mass is 442 g/mol. The Kier molecular flexibility index (Phi) is 5.99. The standard InChI is InChI=1S/C21H23FN6O4/c1-4-13-5-7-14(8-6-13)17-25-19(32-27-17)11(2)24-20-23-9-15(22)18(26-20)28-16(12(3)29)10-31-21(28)30/h5-9,11-12,16,29H,4,10H2,1-3H3,(H,23,24,26)/t11-,12+,16?/m0/s1. The molecule has 2 aromatic heterocycles. The second-order valence-electron chi connectivity index (χ2n) is 7.49. The molecule has 11 heteroatoms. The van der Waals surface area contributed by atoms with Crippen LogP contribution in [-0.2, 0) is 11.2 Å². The van der Waals surface area contributed by atoms with Crippen LogP contribution < -0.4 is 10.2 Å². The van der Waals surface area contributed by atoms with Crippen LogP contribution >= 0.6 is 0 Å². The van der Waals surface area contributed by atoms with Crippen molar-refractivity contribution in [1.82, 2.24) is 20.1 Å². The smallest absolute Gasteiger partial charge is 0.416 e. The van der Waals surface area contributed by atoms with Gasteiger partial charge in [-0.1, -0.05) is 36.3 Å². The summed E-state index contributed by atoms with van der Waals surface area (Å²) in [6.45, 7) is 5.26. The van der Waals surface area contributed by atoms with E-state index in [9.17, 15) is 14.3 Å². The van der Waals surface area contributed by atoms with Crippen molar-refractivity contribution < 1.29 is 23.6 Å². The molecule has 4 rings (SSSR count). The van der Waals surface area contributed by atoms with Crippen molar-refractivity contribution in [2.45, 2.75) is 45.4 Å². The van der Waals surface area contributed by atoms with E-state index in [0.29, 0.717) is 5.82 Å². The van der Waals surface area contributed by atoms with Crippen LogP contribution in [0.2, 0.25) is 0 Å². The summed E-state index contributed by atoms with van der Waals surface area (Å²) in [6, 6.07) is 6.61. The maximum absolute atomic E-state index is 14.4. The van der Waals surface area contributed by atoms with E-state index in [1.54, 1.807) is 6.92 Å². The lowest BCUT2D eigenvalue weighted by Crippen LogP contribution is -2.42. The fourth-order valence-electron chi connectivity index (χ4n) is 3.30. The number of aliphatic hydroxyl groups is 1. The first-order valence-corrected chi connectivity index (χ1v) is 10.2. The summed E-state index contributed by atoms with van der Waals surface area (Å²) in [6.07, 6.45) is 0.153. The van der Waals surface area contributed by atoms with Crippen LogP contribution in [0, 0.1) is 5.82 Å². The molecule has 0 bridgehead atoms. The Morgan fingerprint density at radius 1 is 1.28 bits per heavy atom. The van der Waals surface area contributed by atoms with Gasteiger partial charge in [0.05, 0.1) is 12.3 Å². The second kappa shape index (κ2) is 8.87. The molecule has 0 spiro atoms. The topological polar surface area (TPSA) is 127 Å². The van der Waals surface area contributed by atoms with Gasteiger partial charge in [-0.25, -0.2) is 19.1 Å². The predicted octanol–water partition coefficient (Wildman–Crippen LogP) is 3.11. The van der Waals surface area contributed by atoms with Crippen molar-refractivity contribution in [3.8, 4) is 11.4 Å². The molecule has 0 radical (unpaired) electrons. The van der Waals surface area contributed by atoms with Crippen LogP contribution in [0.3, 0.4) is 0 Å². The summed E-state index contributed by atoms with van der Waals surface area (Å²) < 4.78 is 24.7. The number of carbonyl (C=O) groups is 1. The number of aromatic nitrogens is 4. The van der Waals surface area contributed by atoms with Crippen molar-refractivity contribution >= 4 is 17.9 Å². The van der Waals surface area contributed by atoms with Crippen molar-refractivity contribution in [2.75, 3.05) is 16.8 Å². The number of hydrogen-bond donors (Lipinski definition) is 2. The number of rotatable bonds is 7. The number of aliphatic hydroxyl groups excluding tert-OH is 1. The second-order valence-corrected chi connectivity index (χ2v) is 7.49. The number of ether oxygens (including phenoxy) is 1. The maximum Gasteiger partial charge on any atom is 0.416 e. The molecule has 1 aliphatic heterocycles. The van der Waals surface area contributed by atoms with Gasteiger partial charge in [0.1, 0.15) is 18.7 Å². The number of nitrogens with zero attached hydrogens (tertiary/aromatic N) is 5. The highest BCUT2D eigenvalue weighted by molar-refractivity contribution is 5.89. The van der Waals surface area contributed by atoms with E-state index in [0.717, 1.165) is 23.1 Å². The zero-order valence-electron chi connectivity index (χ0n) is 17.8. The molecule has 168 valence electrons. The molecule has 0 aliphatic carbocycles. The molecule has 2 N–H and O–H groups in total. The minimum absolute atomic E-state index is 0.0463. The minimum Gasteiger partial charge on any atom is -0.447 e. The number of nitrogens with one attached hydrogen (secondary N) is 1. The van der Waals surface area contributed by atoms with Gasteiger partial charge in [-0.3, -0.25) is 0 Å². The zero-order valence-corrected chi connectivity index (χ0v) is 17.8. The quantitative estimate of drug-likeness (QED) is 0.567. The predicted molar refractivity (Wildman–Crippen MR) is 112 cm³/mol. The van der Waals surface area contributed by atoms with Gasteiger partial charge in [-0.2, -0.15) is 9.97 Å². The van der Waals surface area contributed by atoms with Crippen LogP contribution in [0.1, 0.15) is 38.3 Å². The van der Waals surface area contributed by atoms with Crippen LogP contribution in [0.5, 0.6) is 0 Å². The third-order valence-electron chi connectivity index (χ3n) is 5.19. The Hall–Kier alpha value is -3.60. The lowest BCUT2D eigenvalue weighted by atomic mass is 10.1. The Balaban J connectivity index is 1.53.